The van der Waals surface area contributed by atoms with Gasteiger partial charge in [0.15, 0.2) is 0 Å². The Balaban J connectivity index is 0.00000242. The highest BCUT2D eigenvalue weighted by Crippen LogP contribution is 2.16. The molecule has 2 N–H and O–H groups in total. The second-order valence-corrected chi connectivity index (χ2v) is 5.14. The van der Waals surface area contributed by atoms with Crippen LogP contribution in [0.4, 0.5) is 0 Å². The predicted octanol–water partition coefficient (Wildman–Crippen LogP) is 2.96. The average molecular weight is 323 g/mol. The minimum absolute atomic E-state index is 0. The second kappa shape index (κ2) is 8.61. The highest BCUT2D eigenvalue weighted by Gasteiger charge is 2.19. The number of carbonyl (C=O) groups is 1. The van der Waals surface area contributed by atoms with Crippen LogP contribution in [0.1, 0.15) is 27.4 Å². The molecule has 0 spiro atoms. The number of halogens is 1. The van der Waals surface area contributed by atoms with E-state index in [4.69, 9.17) is 10.2 Å². The highest BCUT2D eigenvalue weighted by atomic mass is 35.5. The van der Waals surface area contributed by atoms with Crippen molar-refractivity contribution >= 4 is 18.3 Å². The SMILES string of the molecule is Cc1cc(C(=O)N(CCN)CCc2ccccc2)c(C)o1.Cl. The summed E-state index contributed by atoms with van der Waals surface area (Å²) in [5.41, 5.74) is 7.49. The van der Waals surface area contributed by atoms with Gasteiger partial charge in [-0.3, -0.25) is 4.79 Å². The molecule has 0 atom stereocenters. The van der Waals surface area contributed by atoms with Gasteiger partial charge in [-0.25, -0.2) is 0 Å². The summed E-state index contributed by atoms with van der Waals surface area (Å²) in [6, 6.07) is 11.9. The van der Waals surface area contributed by atoms with Crippen molar-refractivity contribution in [2.75, 3.05) is 19.6 Å². The van der Waals surface area contributed by atoms with E-state index in [0.29, 0.717) is 31.0 Å². The molecule has 0 unspecified atom stereocenters. The van der Waals surface area contributed by atoms with E-state index in [-0.39, 0.29) is 18.3 Å². The van der Waals surface area contributed by atoms with Crippen LogP contribution < -0.4 is 5.73 Å². The molecule has 0 aliphatic rings. The third-order valence-electron chi connectivity index (χ3n) is 3.47. The largest absolute Gasteiger partial charge is 0.466 e. The maximum Gasteiger partial charge on any atom is 0.257 e. The van der Waals surface area contributed by atoms with Gasteiger partial charge in [0.2, 0.25) is 0 Å². The van der Waals surface area contributed by atoms with Gasteiger partial charge in [-0.05, 0) is 31.9 Å². The van der Waals surface area contributed by atoms with Crippen molar-refractivity contribution in [3.63, 3.8) is 0 Å². The lowest BCUT2D eigenvalue weighted by atomic mass is 10.1. The van der Waals surface area contributed by atoms with Crippen LogP contribution in [0.5, 0.6) is 0 Å². The summed E-state index contributed by atoms with van der Waals surface area (Å²) in [7, 11) is 0. The minimum atomic E-state index is -0.00858. The van der Waals surface area contributed by atoms with E-state index >= 15 is 0 Å². The molecule has 22 heavy (non-hydrogen) atoms. The fourth-order valence-corrected chi connectivity index (χ4v) is 2.39. The van der Waals surface area contributed by atoms with Crippen molar-refractivity contribution < 1.29 is 9.21 Å². The molecule has 2 rings (SSSR count). The average Bonchev–Trinajstić information content (AvgIpc) is 2.82. The van der Waals surface area contributed by atoms with Gasteiger partial charge in [0.05, 0.1) is 5.56 Å². The van der Waals surface area contributed by atoms with E-state index in [2.05, 4.69) is 12.1 Å². The molecule has 0 saturated carbocycles. The van der Waals surface area contributed by atoms with Crippen LogP contribution in [0.3, 0.4) is 0 Å². The summed E-state index contributed by atoms with van der Waals surface area (Å²) < 4.78 is 5.45. The first kappa shape index (κ1) is 18.3. The monoisotopic (exact) mass is 322 g/mol. The molecular weight excluding hydrogens is 300 g/mol. The lowest BCUT2D eigenvalue weighted by Crippen LogP contribution is -2.37. The van der Waals surface area contributed by atoms with Crippen LogP contribution in [0.25, 0.3) is 0 Å². The van der Waals surface area contributed by atoms with Gasteiger partial charge in [0, 0.05) is 19.6 Å². The van der Waals surface area contributed by atoms with Crippen LogP contribution in [-0.4, -0.2) is 30.4 Å². The van der Waals surface area contributed by atoms with Gasteiger partial charge in [-0.2, -0.15) is 0 Å². The molecule has 1 aromatic carbocycles. The van der Waals surface area contributed by atoms with Gasteiger partial charge in [0.1, 0.15) is 11.5 Å². The maximum atomic E-state index is 12.6. The normalized spacial score (nSPS) is 10.1. The molecule has 4 nitrogen and oxygen atoms in total. The maximum absolute atomic E-state index is 12.6. The smallest absolute Gasteiger partial charge is 0.257 e. The summed E-state index contributed by atoms with van der Waals surface area (Å²) >= 11 is 0. The van der Waals surface area contributed by atoms with Gasteiger partial charge in [0.25, 0.3) is 5.91 Å². The van der Waals surface area contributed by atoms with Crippen molar-refractivity contribution in [1.29, 1.82) is 0 Å². The molecule has 2 aromatic rings. The molecular formula is C17H23ClN2O2. The zero-order valence-electron chi connectivity index (χ0n) is 13.0. The molecule has 0 bridgehead atoms. The molecule has 0 aliphatic carbocycles. The van der Waals surface area contributed by atoms with E-state index < -0.39 is 0 Å². The number of benzene rings is 1. The lowest BCUT2D eigenvalue weighted by molar-refractivity contribution is 0.0760. The molecule has 0 aliphatic heterocycles. The molecule has 0 saturated heterocycles. The molecule has 120 valence electrons. The first-order valence-electron chi connectivity index (χ1n) is 7.22. The number of nitrogens with zero attached hydrogens (tertiary/aromatic N) is 1. The van der Waals surface area contributed by atoms with Gasteiger partial charge >= 0.3 is 0 Å². The molecule has 1 aromatic heterocycles. The summed E-state index contributed by atoms with van der Waals surface area (Å²) in [5, 5.41) is 0. The third-order valence-corrected chi connectivity index (χ3v) is 3.47. The zero-order chi connectivity index (χ0) is 15.2. The number of aryl methyl sites for hydroxylation is 2. The Labute approximate surface area is 137 Å². The van der Waals surface area contributed by atoms with Crippen molar-refractivity contribution in [2.45, 2.75) is 20.3 Å². The number of nitrogens with two attached hydrogens (primary N) is 1. The summed E-state index contributed by atoms with van der Waals surface area (Å²) in [5.74, 6) is 1.41. The van der Waals surface area contributed by atoms with Gasteiger partial charge in [-0.1, -0.05) is 30.3 Å². The predicted molar refractivity (Wildman–Crippen MR) is 90.5 cm³/mol. The summed E-state index contributed by atoms with van der Waals surface area (Å²) in [4.78, 5) is 14.4. The number of amides is 1. The van der Waals surface area contributed by atoms with Gasteiger partial charge in [-0.15, -0.1) is 12.4 Å². The Bertz CT molecular complexity index is 596. The first-order chi connectivity index (χ1) is 10.1. The zero-order valence-corrected chi connectivity index (χ0v) is 13.9. The molecule has 0 fully saturated rings. The van der Waals surface area contributed by atoms with Crippen LogP contribution in [-0.2, 0) is 6.42 Å². The lowest BCUT2D eigenvalue weighted by Gasteiger charge is -2.21. The first-order valence-corrected chi connectivity index (χ1v) is 7.22. The fraction of sp³-hybridized carbons (Fsp3) is 0.353. The van der Waals surface area contributed by atoms with Crippen molar-refractivity contribution in [3.8, 4) is 0 Å². The van der Waals surface area contributed by atoms with Crippen LogP contribution in [0.15, 0.2) is 40.8 Å². The number of carbonyl (C=O) groups excluding carboxylic acids is 1. The quantitative estimate of drug-likeness (QED) is 0.889. The minimum Gasteiger partial charge on any atom is -0.466 e. The van der Waals surface area contributed by atoms with E-state index in [1.165, 1.54) is 5.56 Å². The van der Waals surface area contributed by atoms with E-state index in [9.17, 15) is 4.79 Å². The Kier molecular flexibility index (Phi) is 7.15. The fourth-order valence-electron chi connectivity index (χ4n) is 2.39. The third kappa shape index (κ3) is 4.61. The summed E-state index contributed by atoms with van der Waals surface area (Å²) in [6.45, 7) is 5.33. The molecule has 1 amide bonds. The van der Waals surface area contributed by atoms with E-state index in [1.807, 2.05) is 32.0 Å². The van der Waals surface area contributed by atoms with Gasteiger partial charge < -0.3 is 15.1 Å². The molecule has 0 radical (unpaired) electrons. The van der Waals surface area contributed by atoms with Crippen molar-refractivity contribution in [3.05, 3.63) is 59.0 Å². The van der Waals surface area contributed by atoms with Crippen molar-refractivity contribution in [1.82, 2.24) is 4.90 Å². The Hall–Kier alpha value is -1.78. The summed E-state index contributed by atoms with van der Waals surface area (Å²) in [6.07, 6.45) is 0.822. The van der Waals surface area contributed by atoms with Crippen LogP contribution in [0, 0.1) is 13.8 Å². The van der Waals surface area contributed by atoms with E-state index in [1.54, 1.807) is 11.0 Å². The second-order valence-electron chi connectivity index (χ2n) is 5.14. The Morgan fingerprint density at radius 2 is 1.86 bits per heavy atom. The van der Waals surface area contributed by atoms with E-state index in [0.717, 1.165) is 12.2 Å². The molecule has 1 heterocycles. The highest BCUT2D eigenvalue weighted by molar-refractivity contribution is 5.95. The van der Waals surface area contributed by atoms with Crippen LogP contribution >= 0.6 is 12.4 Å². The Morgan fingerprint density at radius 1 is 1.18 bits per heavy atom. The standard InChI is InChI=1S/C17H22N2O2.ClH/c1-13-12-16(14(2)21-13)17(20)19(11-9-18)10-8-15-6-4-3-5-7-15;/h3-7,12H,8-11,18H2,1-2H3;1H. The Morgan fingerprint density at radius 3 is 2.41 bits per heavy atom. The number of hydrogen-bond acceptors (Lipinski definition) is 3. The van der Waals surface area contributed by atoms with Crippen molar-refractivity contribution in [2.24, 2.45) is 5.73 Å². The van der Waals surface area contributed by atoms with Crippen LogP contribution in [0.2, 0.25) is 0 Å². The number of rotatable bonds is 6. The number of furan rings is 1. The molecule has 5 heteroatoms. The topological polar surface area (TPSA) is 59.5 Å². The number of hydrogen-bond donors (Lipinski definition) is 1.